The van der Waals surface area contributed by atoms with E-state index in [0.717, 1.165) is 35.5 Å². The van der Waals surface area contributed by atoms with Crippen molar-refractivity contribution in [3.8, 4) is 0 Å². The molecule has 0 nitrogen and oxygen atoms in total. The number of rotatable bonds is 8. The van der Waals surface area contributed by atoms with E-state index in [2.05, 4.69) is 38.2 Å². The molecule has 0 aliphatic heterocycles. The average molecular weight is 385 g/mol. The van der Waals surface area contributed by atoms with E-state index in [-0.39, 0.29) is 0 Å². The molecule has 0 bridgehead atoms. The van der Waals surface area contributed by atoms with Gasteiger partial charge in [0.15, 0.2) is 0 Å². The molecule has 3 fully saturated rings. The first kappa shape index (κ1) is 22.2. The SMILES string of the molecule is CCCC1CCC(/C=C/C2CCC(/C=C/C3CCC(CCC)CC3)CC2)CC1. The standard InChI is InChI=1S/C28H48/c1-3-5-23-7-11-25(12-8-23)15-17-27-19-21-28(22-20-27)18-16-26-13-9-24(6-4-2)10-14-26/h15-18,23-28H,3-14,19-22H2,1-2H3/b17-15+,18-16+. The maximum atomic E-state index is 2.62. The first-order valence-corrected chi connectivity index (χ1v) is 13.1. The number of hydrogen-bond acceptors (Lipinski definition) is 0. The second-order valence-electron chi connectivity index (χ2n) is 10.6. The molecule has 0 radical (unpaired) electrons. The van der Waals surface area contributed by atoms with E-state index >= 15 is 0 Å². The summed E-state index contributed by atoms with van der Waals surface area (Å²) in [5, 5.41) is 0. The third-order valence-electron chi connectivity index (χ3n) is 8.30. The van der Waals surface area contributed by atoms with Crippen LogP contribution in [-0.2, 0) is 0 Å². The highest BCUT2D eigenvalue weighted by atomic mass is 14.3. The van der Waals surface area contributed by atoms with Gasteiger partial charge in [0.2, 0.25) is 0 Å². The first-order chi connectivity index (χ1) is 13.8. The van der Waals surface area contributed by atoms with E-state index in [1.165, 1.54) is 103 Å². The predicted octanol–water partition coefficient (Wildman–Crippen LogP) is 9.12. The minimum atomic E-state index is 0.877. The van der Waals surface area contributed by atoms with Crippen molar-refractivity contribution >= 4 is 0 Å². The summed E-state index contributed by atoms with van der Waals surface area (Å²) in [4.78, 5) is 0. The molecule has 0 heteroatoms. The molecule has 0 unspecified atom stereocenters. The topological polar surface area (TPSA) is 0 Å². The van der Waals surface area contributed by atoms with Crippen molar-refractivity contribution in [3.05, 3.63) is 24.3 Å². The summed E-state index contributed by atoms with van der Waals surface area (Å²) in [6.07, 6.45) is 33.7. The van der Waals surface area contributed by atoms with Gasteiger partial charge in [-0.05, 0) is 113 Å². The number of allylic oxidation sites excluding steroid dienone is 4. The molecular weight excluding hydrogens is 336 g/mol. The van der Waals surface area contributed by atoms with Crippen molar-refractivity contribution in [2.75, 3.05) is 0 Å². The van der Waals surface area contributed by atoms with Crippen LogP contribution in [0, 0.1) is 35.5 Å². The van der Waals surface area contributed by atoms with E-state index in [4.69, 9.17) is 0 Å². The highest BCUT2D eigenvalue weighted by Gasteiger charge is 2.22. The normalized spacial score (nSPS) is 37.6. The van der Waals surface area contributed by atoms with Crippen LogP contribution in [0.15, 0.2) is 24.3 Å². The Kier molecular flexibility index (Phi) is 9.69. The molecule has 0 amide bonds. The van der Waals surface area contributed by atoms with Crippen molar-refractivity contribution in [1.29, 1.82) is 0 Å². The van der Waals surface area contributed by atoms with Crippen LogP contribution >= 0.6 is 0 Å². The molecule has 3 aliphatic rings. The molecule has 160 valence electrons. The van der Waals surface area contributed by atoms with Crippen LogP contribution in [0.25, 0.3) is 0 Å². The molecule has 0 aromatic heterocycles. The van der Waals surface area contributed by atoms with Crippen molar-refractivity contribution in [1.82, 2.24) is 0 Å². The molecule has 0 atom stereocenters. The fourth-order valence-electron chi connectivity index (χ4n) is 6.31. The minimum absolute atomic E-state index is 0.877. The van der Waals surface area contributed by atoms with Gasteiger partial charge in [0.25, 0.3) is 0 Å². The number of hydrogen-bond donors (Lipinski definition) is 0. The van der Waals surface area contributed by atoms with Gasteiger partial charge in [-0.25, -0.2) is 0 Å². The Balaban J connectivity index is 1.30. The van der Waals surface area contributed by atoms with Crippen LogP contribution in [0.5, 0.6) is 0 Å². The van der Waals surface area contributed by atoms with Gasteiger partial charge in [-0.3, -0.25) is 0 Å². The van der Waals surface area contributed by atoms with Gasteiger partial charge in [0.1, 0.15) is 0 Å². The molecule has 0 saturated heterocycles. The fraction of sp³-hybridized carbons (Fsp3) is 0.857. The summed E-state index contributed by atoms with van der Waals surface area (Å²) in [6, 6.07) is 0. The summed E-state index contributed by atoms with van der Waals surface area (Å²) < 4.78 is 0. The molecule has 0 spiro atoms. The van der Waals surface area contributed by atoms with Gasteiger partial charge in [0, 0.05) is 0 Å². The smallest absolute Gasteiger partial charge is 0.0233 e. The van der Waals surface area contributed by atoms with E-state index in [1.807, 2.05) is 0 Å². The molecule has 3 rings (SSSR count). The molecule has 28 heavy (non-hydrogen) atoms. The van der Waals surface area contributed by atoms with Gasteiger partial charge in [-0.15, -0.1) is 0 Å². The summed E-state index contributed by atoms with van der Waals surface area (Å²) in [6.45, 7) is 4.69. The van der Waals surface area contributed by atoms with Crippen LogP contribution in [0.3, 0.4) is 0 Å². The Morgan fingerprint density at radius 2 is 0.679 bits per heavy atom. The molecule has 0 heterocycles. The summed E-state index contributed by atoms with van der Waals surface area (Å²) in [5.74, 6) is 5.63. The Labute approximate surface area is 176 Å². The Morgan fingerprint density at radius 1 is 0.429 bits per heavy atom. The maximum absolute atomic E-state index is 2.62. The zero-order chi connectivity index (χ0) is 19.6. The molecule has 0 aromatic rings. The maximum Gasteiger partial charge on any atom is -0.0233 e. The predicted molar refractivity (Wildman–Crippen MR) is 124 cm³/mol. The summed E-state index contributed by atoms with van der Waals surface area (Å²) >= 11 is 0. The van der Waals surface area contributed by atoms with E-state index in [1.54, 1.807) is 0 Å². The van der Waals surface area contributed by atoms with Gasteiger partial charge < -0.3 is 0 Å². The lowest BCUT2D eigenvalue weighted by molar-refractivity contribution is 0.290. The van der Waals surface area contributed by atoms with E-state index in [0.29, 0.717) is 0 Å². The van der Waals surface area contributed by atoms with E-state index in [9.17, 15) is 0 Å². The molecule has 0 N–H and O–H groups in total. The fourth-order valence-corrected chi connectivity index (χ4v) is 6.31. The summed E-state index contributed by atoms with van der Waals surface area (Å²) in [7, 11) is 0. The highest BCUT2D eigenvalue weighted by Crippen LogP contribution is 2.36. The van der Waals surface area contributed by atoms with Gasteiger partial charge in [-0.2, -0.15) is 0 Å². The quantitative estimate of drug-likeness (QED) is 0.366. The van der Waals surface area contributed by atoms with Crippen molar-refractivity contribution in [3.63, 3.8) is 0 Å². The van der Waals surface area contributed by atoms with Crippen molar-refractivity contribution in [2.24, 2.45) is 35.5 Å². The summed E-state index contributed by atoms with van der Waals surface area (Å²) in [5.41, 5.74) is 0. The minimum Gasteiger partial charge on any atom is -0.0851 e. The molecule has 0 aromatic carbocycles. The largest absolute Gasteiger partial charge is 0.0851 e. The van der Waals surface area contributed by atoms with Gasteiger partial charge >= 0.3 is 0 Å². The second-order valence-corrected chi connectivity index (χ2v) is 10.6. The zero-order valence-corrected chi connectivity index (χ0v) is 19.1. The van der Waals surface area contributed by atoms with Crippen LogP contribution in [-0.4, -0.2) is 0 Å². The molecular formula is C28H48. The van der Waals surface area contributed by atoms with Crippen LogP contribution < -0.4 is 0 Å². The first-order valence-electron chi connectivity index (χ1n) is 13.1. The Hall–Kier alpha value is -0.520. The zero-order valence-electron chi connectivity index (χ0n) is 19.1. The Bertz CT molecular complexity index is 404. The third kappa shape index (κ3) is 7.38. The van der Waals surface area contributed by atoms with Crippen LogP contribution in [0.1, 0.15) is 117 Å². The lowest BCUT2D eigenvalue weighted by Crippen LogP contribution is -2.15. The molecule has 3 saturated carbocycles. The lowest BCUT2D eigenvalue weighted by atomic mass is 9.77. The van der Waals surface area contributed by atoms with Crippen molar-refractivity contribution in [2.45, 2.75) is 117 Å². The monoisotopic (exact) mass is 384 g/mol. The third-order valence-corrected chi connectivity index (χ3v) is 8.30. The Morgan fingerprint density at radius 3 is 0.929 bits per heavy atom. The van der Waals surface area contributed by atoms with Gasteiger partial charge in [-0.1, -0.05) is 63.8 Å². The highest BCUT2D eigenvalue weighted by molar-refractivity contribution is 5.00. The molecule has 3 aliphatic carbocycles. The van der Waals surface area contributed by atoms with Crippen LogP contribution in [0.4, 0.5) is 0 Å². The lowest BCUT2D eigenvalue weighted by Gasteiger charge is -2.29. The van der Waals surface area contributed by atoms with Crippen molar-refractivity contribution < 1.29 is 0 Å². The van der Waals surface area contributed by atoms with E-state index < -0.39 is 0 Å². The average Bonchev–Trinajstić information content (AvgIpc) is 2.74. The van der Waals surface area contributed by atoms with Gasteiger partial charge in [0.05, 0.1) is 0 Å². The van der Waals surface area contributed by atoms with Crippen LogP contribution in [0.2, 0.25) is 0 Å². The second kappa shape index (κ2) is 12.2.